The average molecular weight is 208 g/mol. The summed E-state index contributed by atoms with van der Waals surface area (Å²) in [5, 5.41) is 0. The molecule has 78 valence electrons. The van der Waals surface area contributed by atoms with E-state index in [1.165, 1.54) is 32.7 Å². The summed E-state index contributed by atoms with van der Waals surface area (Å²) < 4.78 is 0. The molecule has 0 aromatic heterocycles. The Morgan fingerprint density at radius 3 is 1.43 bits per heavy atom. The van der Waals surface area contributed by atoms with Crippen LogP contribution >= 0.6 is 11.8 Å². The van der Waals surface area contributed by atoms with Crippen LogP contribution in [0.3, 0.4) is 0 Å². The van der Waals surface area contributed by atoms with Gasteiger partial charge < -0.3 is 0 Å². The van der Waals surface area contributed by atoms with Crippen molar-refractivity contribution in [3.8, 4) is 0 Å². The zero-order valence-electron chi connectivity index (χ0n) is 10.1. The highest BCUT2D eigenvalue weighted by Crippen LogP contribution is 2.32. The minimum atomic E-state index is 1.16. The smallest absolute Gasteiger partial charge is 0.0136 e. The molecule has 1 heteroatoms. The van der Waals surface area contributed by atoms with Crippen LogP contribution in [-0.4, -0.2) is 5.75 Å². The first-order valence-corrected chi connectivity index (χ1v) is 6.19. The second kappa shape index (κ2) is 4.39. The molecule has 0 nitrogen and oxygen atoms in total. The van der Waals surface area contributed by atoms with Crippen molar-refractivity contribution < 1.29 is 0 Å². The van der Waals surface area contributed by atoms with Gasteiger partial charge in [0.2, 0.25) is 0 Å². The van der Waals surface area contributed by atoms with E-state index in [-0.39, 0.29) is 0 Å². The number of hydrogen-bond donors (Lipinski definition) is 0. The molecule has 0 atom stereocenters. The summed E-state index contributed by atoms with van der Waals surface area (Å²) in [4.78, 5) is 1.49. The normalized spacial score (nSPS) is 10.7. The maximum atomic E-state index is 2.24. The molecule has 14 heavy (non-hydrogen) atoms. The van der Waals surface area contributed by atoms with E-state index in [0.717, 1.165) is 5.75 Å². The van der Waals surface area contributed by atoms with Crippen LogP contribution in [0.4, 0.5) is 0 Å². The van der Waals surface area contributed by atoms with Crippen LogP contribution in [-0.2, 0) is 0 Å². The molecule has 0 saturated carbocycles. The summed E-state index contributed by atoms with van der Waals surface area (Å²) in [7, 11) is 0. The average Bonchev–Trinajstić information content (AvgIpc) is 2.19. The third kappa shape index (κ3) is 1.83. The van der Waals surface area contributed by atoms with Gasteiger partial charge in [-0.2, -0.15) is 0 Å². The van der Waals surface area contributed by atoms with E-state index in [9.17, 15) is 0 Å². The lowest BCUT2D eigenvalue weighted by Crippen LogP contribution is -1.98. The van der Waals surface area contributed by atoms with Crippen molar-refractivity contribution in [3.05, 3.63) is 27.8 Å². The van der Waals surface area contributed by atoms with Gasteiger partial charge in [0.05, 0.1) is 0 Å². The fourth-order valence-corrected chi connectivity index (χ4v) is 2.85. The number of thioether (sulfide) groups is 1. The van der Waals surface area contributed by atoms with Crippen molar-refractivity contribution in [2.75, 3.05) is 5.75 Å². The first-order valence-electron chi connectivity index (χ1n) is 5.20. The highest BCUT2D eigenvalue weighted by Gasteiger charge is 2.11. The summed E-state index contributed by atoms with van der Waals surface area (Å²) in [6.45, 7) is 13.4. The lowest BCUT2D eigenvalue weighted by Gasteiger charge is -2.17. The Morgan fingerprint density at radius 2 is 1.07 bits per heavy atom. The van der Waals surface area contributed by atoms with Crippen molar-refractivity contribution in [1.82, 2.24) is 0 Å². The monoisotopic (exact) mass is 208 g/mol. The lowest BCUT2D eigenvalue weighted by molar-refractivity contribution is 1.09. The second-order valence-corrected chi connectivity index (χ2v) is 5.16. The van der Waals surface area contributed by atoms with Crippen molar-refractivity contribution >= 4 is 11.8 Å². The van der Waals surface area contributed by atoms with Gasteiger partial charge in [0.25, 0.3) is 0 Å². The van der Waals surface area contributed by atoms with Gasteiger partial charge in [0.15, 0.2) is 0 Å². The fourth-order valence-electron chi connectivity index (χ4n) is 1.83. The third-order valence-electron chi connectivity index (χ3n) is 3.22. The molecular weight excluding hydrogens is 188 g/mol. The van der Waals surface area contributed by atoms with Crippen molar-refractivity contribution in [3.63, 3.8) is 0 Å². The van der Waals surface area contributed by atoms with Gasteiger partial charge >= 0.3 is 0 Å². The molecule has 1 rings (SSSR count). The molecule has 0 amide bonds. The Labute approximate surface area is 92.1 Å². The summed E-state index contributed by atoms with van der Waals surface area (Å²) >= 11 is 1.97. The van der Waals surface area contributed by atoms with Gasteiger partial charge in [-0.25, -0.2) is 0 Å². The zero-order valence-corrected chi connectivity index (χ0v) is 10.9. The summed E-state index contributed by atoms with van der Waals surface area (Å²) in [5.41, 5.74) is 7.32. The molecular formula is C13H20S. The largest absolute Gasteiger partial charge is 0.126 e. The molecule has 0 bridgehead atoms. The molecule has 1 aromatic rings. The lowest BCUT2D eigenvalue weighted by atomic mass is 9.95. The Bertz CT molecular complexity index is 322. The van der Waals surface area contributed by atoms with E-state index >= 15 is 0 Å². The van der Waals surface area contributed by atoms with E-state index in [1.807, 2.05) is 11.8 Å². The molecule has 0 aliphatic heterocycles. The zero-order chi connectivity index (χ0) is 10.9. The van der Waals surface area contributed by atoms with Gasteiger partial charge in [-0.15, -0.1) is 11.8 Å². The summed E-state index contributed by atoms with van der Waals surface area (Å²) in [6.07, 6.45) is 0. The van der Waals surface area contributed by atoms with E-state index in [1.54, 1.807) is 0 Å². The minimum absolute atomic E-state index is 1.16. The molecule has 0 radical (unpaired) electrons. The van der Waals surface area contributed by atoms with E-state index in [2.05, 4.69) is 41.5 Å². The molecule has 0 unspecified atom stereocenters. The van der Waals surface area contributed by atoms with Crippen LogP contribution < -0.4 is 0 Å². The van der Waals surface area contributed by atoms with Crippen molar-refractivity contribution in [2.45, 2.75) is 46.4 Å². The molecule has 0 saturated heterocycles. The van der Waals surface area contributed by atoms with Crippen LogP contribution in [0.5, 0.6) is 0 Å². The SMILES string of the molecule is CCSc1c(C)c(C)c(C)c(C)c1C. The van der Waals surface area contributed by atoms with E-state index in [4.69, 9.17) is 0 Å². The first-order chi connectivity index (χ1) is 6.50. The number of rotatable bonds is 2. The maximum Gasteiger partial charge on any atom is 0.0136 e. The highest BCUT2D eigenvalue weighted by atomic mass is 32.2. The van der Waals surface area contributed by atoms with Gasteiger partial charge in [-0.1, -0.05) is 6.92 Å². The first kappa shape index (κ1) is 11.6. The highest BCUT2D eigenvalue weighted by molar-refractivity contribution is 7.99. The second-order valence-electron chi connectivity index (χ2n) is 3.89. The van der Waals surface area contributed by atoms with Gasteiger partial charge in [-0.3, -0.25) is 0 Å². The van der Waals surface area contributed by atoms with Crippen LogP contribution in [0.1, 0.15) is 34.7 Å². The Hall–Kier alpha value is -0.430. The topological polar surface area (TPSA) is 0 Å². The Balaban J connectivity index is 3.43. The Morgan fingerprint density at radius 1 is 0.714 bits per heavy atom. The summed E-state index contributed by atoms with van der Waals surface area (Å²) in [6, 6.07) is 0. The van der Waals surface area contributed by atoms with E-state index < -0.39 is 0 Å². The minimum Gasteiger partial charge on any atom is -0.126 e. The summed E-state index contributed by atoms with van der Waals surface area (Å²) in [5.74, 6) is 1.16. The molecule has 0 fully saturated rings. The molecule has 0 N–H and O–H groups in total. The molecule has 0 heterocycles. The predicted molar refractivity (Wildman–Crippen MR) is 66.5 cm³/mol. The number of hydrogen-bond acceptors (Lipinski definition) is 1. The van der Waals surface area contributed by atoms with Gasteiger partial charge in [0.1, 0.15) is 0 Å². The molecule has 0 spiro atoms. The maximum absolute atomic E-state index is 2.24. The van der Waals surface area contributed by atoms with Crippen LogP contribution in [0, 0.1) is 34.6 Å². The fraction of sp³-hybridized carbons (Fsp3) is 0.538. The molecule has 1 aromatic carbocycles. The van der Waals surface area contributed by atoms with E-state index in [0.29, 0.717) is 0 Å². The standard InChI is InChI=1S/C13H20S/c1-7-14-13-11(5)9(3)8(2)10(4)12(13)6/h7H2,1-6H3. The third-order valence-corrected chi connectivity index (χ3v) is 4.41. The van der Waals surface area contributed by atoms with Gasteiger partial charge in [-0.05, 0) is 68.2 Å². The van der Waals surface area contributed by atoms with Crippen molar-refractivity contribution in [2.24, 2.45) is 0 Å². The van der Waals surface area contributed by atoms with Crippen LogP contribution in [0.25, 0.3) is 0 Å². The van der Waals surface area contributed by atoms with Crippen LogP contribution in [0.15, 0.2) is 4.90 Å². The predicted octanol–water partition coefficient (Wildman–Crippen LogP) is 4.34. The van der Waals surface area contributed by atoms with Crippen molar-refractivity contribution in [1.29, 1.82) is 0 Å². The van der Waals surface area contributed by atoms with Crippen LogP contribution in [0.2, 0.25) is 0 Å². The molecule has 0 aliphatic carbocycles. The number of benzene rings is 1. The Kier molecular flexibility index (Phi) is 3.65. The molecule has 0 aliphatic rings. The quantitative estimate of drug-likeness (QED) is 0.651. The van der Waals surface area contributed by atoms with Gasteiger partial charge in [0, 0.05) is 4.90 Å².